The van der Waals surface area contributed by atoms with E-state index in [1.807, 2.05) is 0 Å². The fourth-order valence-electron chi connectivity index (χ4n) is 2.75. The topological polar surface area (TPSA) is 63.7 Å². The van der Waals surface area contributed by atoms with Gasteiger partial charge < -0.3 is 4.74 Å². The summed E-state index contributed by atoms with van der Waals surface area (Å²) < 4.78 is 32.9. The maximum atomic E-state index is 13.4. The highest BCUT2D eigenvalue weighted by atomic mass is 35.5. The van der Waals surface area contributed by atoms with Gasteiger partial charge in [-0.15, -0.1) is 0 Å². The van der Waals surface area contributed by atoms with E-state index in [0.29, 0.717) is 5.02 Å². The van der Waals surface area contributed by atoms with Gasteiger partial charge >= 0.3 is 5.97 Å². The van der Waals surface area contributed by atoms with Crippen molar-refractivity contribution in [3.05, 3.63) is 95.0 Å². The summed E-state index contributed by atoms with van der Waals surface area (Å²) in [5, 5.41) is 0.552. The molecular weight excluding hydrogens is 398 g/mol. The van der Waals surface area contributed by atoms with Gasteiger partial charge in [-0.3, -0.25) is 4.31 Å². The van der Waals surface area contributed by atoms with Gasteiger partial charge in [0.15, 0.2) is 0 Å². The van der Waals surface area contributed by atoms with Crippen molar-refractivity contribution in [1.29, 1.82) is 0 Å². The molecule has 3 aromatic carbocycles. The Balaban J connectivity index is 2.15. The summed E-state index contributed by atoms with van der Waals surface area (Å²) in [5.74, 6) is -0.611. The number of rotatable bonds is 6. The van der Waals surface area contributed by atoms with E-state index in [2.05, 4.69) is 0 Å². The van der Waals surface area contributed by atoms with Gasteiger partial charge in [-0.1, -0.05) is 54.1 Å². The molecule has 0 aliphatic carbocycles. The monoisotopic (exact) mass is 415 g/mol. The lowest BCUT2D eigenvalue weighted by Crippen LogP contribution is -2.32. The molecule has 5 nitrogen and oxygen atoms in total. The molecule has 0 spiro atoms. The zero-order chi connectivity index (χ0) is 20.1. The number of sulfonamides is 1. The number of benzene rings is 3. The third kappa shape index (κ3) is 4.18. The smallest absolute Gasteiger partial charge is 0.340 e. The first-order valence-corrected chi connectivity index (χ1v) is 10.2. The maximum absolute atomic E-state index is 13.4. The Morgan fingerprint density at radius 1 is 0.929 bits per heavy atom. The van der Waals surface area contributed by atoms with Crippen molar-refractivity contribution in [2.24, 2.45) is 0 Å². The first-order chi connectivity index (χ1) is 13.4. The molecule has 0 bridgehead atoms. The van der Waals surface area contributed by atoms with Gasteiger partial charge in [-0.25, -0.2) is 13.2 Å². The van der Waals surface area contributed by atoms with Crippen LogP contribution in [0.5, 0.6) is 0 Å². The zero-order valence-corrected chi connectivity index (χ0v) is 16.7. The van der Waals surface area contributed by atoms with Gasteiger partial charge in [0.25, 0.3) is 10.0 Å². The first-order valence-electron chi connectivity index (χ1n) is 8.43. The minimum absolute atomic E-state index is 0.0302. The quantitative estimate of drug-likeness (QED) is 0.555. The normalized spacial score (nSPS) is 11.1. The molecule has 0 atom stereocenters. The molecular formula is C21H18ClNO4S. The van der Waals surface area contributed by atoms with E-state index in [1.165, 1.54) is 29.6 Å². The largest absolute Gasteiger partial charge is 0.465 e. The van der Waals surface area contributed by atoms with Crippen molar-refractivity contribution >= 4 is 33.3 Å². The molecule has 0 fully saturated rings. The van der Waals surface area contributed by atoms with Crippen LogP contribution in [0.15, 0.2) is 83.8 Å². The van der Waals surface area contributed by atoms with Crippen LogP contribution in [0.3, 0.4) is 0 Å². The lowest BCUT2D eigenvalue weighted by Gasteiger charge is -2.26. The second kappa shape index (κ2) is 8.46. The summed E-state index contributed by atoms with van der Waals surface area (Å²) >= 11 is 5.94. The average Bonchev–Trinajstić information content (AvgIpc) is 2.73. The van der Waals surface area contributed by atoms with Gasteiger partial charge in [0.05, 0.1) is 29.8 Å². The third-order valence-corrected chi connectivity index (χ3v) is 6.17. The zero-order valence-electron chi connectivity index (χ0n) is 15.1. The van der Waals surface area contributed by atoms with Gasteiger partial charge in [-0.05, 0) is 42.0 Å². The minimum Gasteiger partial charge on any atom is -0.465 e. The van der Waals surface area contributed by atoms with Crippen LogP contribution in [0.2, 0.25) is 5.02 Å². The average molecular weight is 416 g/mol. The second-order valence-electron chi connectivity index (χ2n) is 5.96. The summed E-state index contributed by atoms with van der Waals surface area (Å²) in [7, 11) is -2.68. The van der Waals surface area contributed by atoms with E-state index < -0.39 is 16.0 Å². The third-order valence-electron chi connectivity index (χ3n) is 4.15. The summed E-state index contributed by atoms with van der Waals surface area (Å²) in [4.78, 5) is 12.4. The summed E-state index contributed by atoms with van der Waals surface area (Å²) in [6, 6.07) is 21.4. The molecule has 3 rings (SSSR count). The number of para-hydroxylation sites is 1. The Labute approximate surface area is 169 Å². The van der Waals surface area contributed by atoms with E-state index >= 15 is 0 Å². The van der Waals surface area contributed by atoms with Crippen LogP contribution in [0.25, 0.3) is 0 Å². The number of esters is 1. The number of carbonyl (C=O) groups excluding carboxylic acids is 1. The molecule has 0 aromatic heterocycles. The molecule has 0 radical (unpaired) electrons. The highest BCUT2D eigenvalue weighted by Gasteiger charge is 2.28. The van der Waals surface area contributed by atoms with Crippen LogP contribution >= 0.6 is 11.6 Å². The summed E-state index contributed by atoms with van der Waals surface area (Å²) in [6.45, 7) is 0.0302. The highest BCUT2D eigenvalue weighted by Crippen LogP contribution is 2.29. The molecule has 144 valence electrons. The molecule has 0 aliphatic rings. The maximum Gasteiger partial charge on any atom is 0.340 e. The van der Waals surface area contributed by atoms with E-state index in [0.717, 1.165) is 5.56 Å². The van der Waals surface area contributed by atoms with E-state index in [9.17, 15) is 13.2 Å². The number of hydrogen-bond donors (Lipinski definition) is 0. The summed E-state index contributed by atoms with van der Waals surface area (Å²) in [6.07, 6.45) is 0. The van der Waals surface area contributed by atoms with Crippen molar-refractivity contribution in [3.63, 3.8) is 0 Å². The number of ether oxygens (including phenoxy) is 1. The lowest BCUT2D eigenvalue weighted by atomic mass is 10.1. The molecule has 0 aliphatic heterocycles. The van der Waals surface area contributed by atoms with E-state index in [1.54, 1.807) is 60.7 Å². The molecule has 0 unspecified atom stereocenters. The molecule has 0 amide bonds. The molecule has 3 aromatic rings. The van der Waals surface area contributed by atoms with Crippen molar-refractivity contribution in [2.75, 3.05) is 11.4 Å². The molecule has 0 heterocycles. The number of carbonyl (C=O) groups is 1. The predicted molar refractivity (Wildman–Crippen MR) is 109 cm³/mol. The lowest BCUT2D eigenvalue weighted by molar-refractivity contribution is 0.0601. The Hall–Kier alpha value is -2.83. The van der Waals surface area contributed by atoms with Gasteiger partial charge in [0.1, 0.15) is 0 Å². The Kier molecular flexibility index (Phi) is 6.02. The number of hydrogen-bond acceptors (Lipinski definition) is 4. The van der Waals surface area contributed by atoms with Crippen molar-refractivity contribution < 1.29 is 17.9 Å². The fourth-order valence-corrected chi connectivity index (χ4v) is 4.37. The fraction of sp³-hybridized carbons (Fsp3) is 0.0952. The van der Waals surface area contributed by atoms with Crippen LogP contribution in [0, 0.1) is 0 Å². The molecule has 7 heteroatoms. The predicted octanol–water partition coefficient (Wildman–Crippen LogP) is 4.52. The SMILES string of the molecule is COC(=O)c1ccccc1N(Cc1ccc(Cl)cc1)S(=O)(=O)c1ccccc1. The number of nitrogens with zero attached hydrogens (tertiary/aromatic N) is 1. The van der Waals surface area contributed by atoms with Crippen LogP contribution in [-0.4, -0.2) is 21.5 Å². The van der Waals surface area contributed by atoms with Gasteiger partial charge in [0, 0.05) is 5.02 Å². The number of halogens is 1. The molecule has 28 heavy (non-hydrogen) atoms. The standard InChI is InChI=1S/C21H18ClNO4S/c1-27-21(24)19-9-5-6-10-20(19)23(15-16-11-13-17(22)14-12-16)28(25,26)18-7-3-2-4-8-18/h2-14H,15H2,1H3. The number of anilines is 1. The van der Waals surface area contributed by atoms with Gasteiger partial charge in [-0.2, -0.15) is 0 Å². The highest BCUT2D eigenvalue weighted by molar-refractivity contribution is 7.92. The van der Waals surface area contributed by atoms with Crippen LogP contribution in [0.4, 0.5) is 5.69 Å². The van der Waals surface area contributed by atoms with E-state index in [4.69, 9.17) is 16.3 Å². The van der Waals surface area contributed by atoms with Crippen molar-refractivity contribution in [1.82, 2.24) is 0 Å². The number of methoxy groups -OCH3 is 1. The molecule has 0 N–H and O–H groups in total. The minimum atomic E-state index is -3.93. The first kappa shape index (κ1) is 19.9. The Bertz CT molecular complexity index is 1070. The Morgan fingerprint density at radius 3 is 2.18 bits per heavy atom. The second-order valence-corrected chi connectivity index (χ2v) is 8.26. The van der Waals surface area contributed by atoms with Crippen LogP contribution in [0.1, 0.15) is 15.9 Å². The summed E-state index contributed by atoms with van der Waals surface area (Å²) in [5.41, 5.74) is 1.13. The molecule has 0 saturated carbocycles. The van der Waals surface area contributed by atoms with Crippen molar-refractivity contribution in [2.45, 2.75) is 11.4 Å². The van der Waals surface area contributed by atoms with Crippen LogP contribution in [-0.2, 0) is 21.3 Å². The van der Waals surface area contributed by atoms with Gasteiger partial charge in [0.2, 0.25) is 0 Å². The van der Waals surface area contributed by atoms with Crippen LogP contribution < -0.4 is 4.31 Å². The van der Waals surface area contributed by atoms with Crippen molar-refractivity contribution in [3.8, 4) is 0 Å². The Morgan fingerprint density at radius 2 is 1.54 bits per heavy atom. The molecule has 0 saturated heterocycles. The van der Waals surface area contributed by atoms with E-state index in [-0.39, 0.29) is 22.7 Å².